The van der Waals surface area contributed by atoms with Crippen LogP contribution >= 0.6 is 0 Å². The fraction of sp³-hybridized carbons (Fsp3) is 0.649. The molecule has 2 fully saturated rings. The average molecular weight is 696 g/mol. The number of nitrogens with two attached hydrogens (primary N) is 1. The summed E-state index contributed by atoms with van der Waals surface area (Å²) in [7, 11) is 4.88. The molecule has 2 aromatic rings. The van der Waals surface area contributed by atoms with Crippen molar-refractivity contribution < 1.29 is 28.7 Å². The fourth-order valence-corrected chi connectivity index (χ4v) is 7.60. The maximum atomic E-state index is 14.1. The van der Waals surface area contributed by atoms with Gasteiger partial charge in [0.15, 0.2) is 0 Å². The van der Waals surface area contributed by atoms with E-state index in [1.54, 1.807) is 52.4 Å². The lowest BCUT2D eigenvalue weighted by Gasteiger charge is -2.39. The molecule has 1 saturated heterocycles. The number of H-pyrrole nitrogens is 1. The van der Waals surface area contributed by atoms with Gasteiger partial charge in [0.2, 0.25) is 23.6 Å². The maximum Gasteiger partial charge on any atom is 0.242 e. The number of imidazole rings is 1. The lowest BCUT2D eigenvalue weighted by Crippen LogP contribution is -2.56. The van der Waals surface area contributed by atoms with E-state index in [9.17, 15) is 19.2 Å². The van der Waals surface area contributed by atoms with Crippen molar-refractivity contribution in [3.63, 3.8) is 0 Å². The minimum atomic E-state index is -1.11. The monoisotopic (exact) mass is 695 g/mol. The number of likely N-dealkylation sites (tertiary alicyclic amines) is 1. The standard InChI is InChI=1S/C37H57N7O6/c1-24(35(47)42-27(34-39-18-19-40-34)21-25-13-8-7-9-14-25)33(50-6)28-17-12-20-44(28)30(45)22-29(49-5)32(26-15-10-11-16-26)43(4)31(46)23-41-36(48)37(2,3)38/h7-9,13-14,18-19,24,26-29,32-33H,10-12,15-17,20-23,38H2,1-6H3,(H,39,40)(H,41,48)(H,42,47). The van der Waals surface area contributed by atoms with Crippen LogP contribution in [0.1, 0.15) is 83.1 Å². The number of hydrogen-bond acceptors (Lipinski definition) is 8. The Kier molecular flexibility index (Phi) is 14.0. The van der Waals surface area contributed by atoms with Crippen LogP contribution in [0.5, 0.6) is 0 Å². The summed E-state index contributed by atoms with van der Waals surface area (Å²) in [6, 6.07) is 8.90. The summed E-state index contributed by atoms with van der Waals surface area (Å²) in [5.74, 6) is -0.716. The van der Waals surface area contributed by atoms with Crippen LogP contribution in [0, 0.1) is 11.8 Å². The third kappa shape index (κ3) is 9.91. The molecule has 4 rings (SSSR count). The van der Waals surface area contributed by atoms with E-state index < -0.39 is 29.6 Å². The molecular weight excluding hydrogens is 638 g/mol. The second kappa shape index (κ2) is 17.9. The van der Waals surface area contributed by atoms with Crippen molar-refractivity contribution in [1.29, 1.82) is 0 Å². The van der Waals surface area contributed by atoms with E-state index in [4.69, 9.17) is 15.2 Å². The lowest BCUT2D eigenvalue weighted by atomic mass is 9.89. The van der Waals surface area contributed by atoms with E-state index in [1.165, 1.54) is 0 Å². The summed E-state index contributed by atoms with van der Waals surface area (Å²) >= 11 is 0. The van der Waals surface area contributed by atoms with Gasteiger partial charge in [-0.1, -0.05) is 50.1 Å². The molecule has 13 nitrogen and oxygen atoms in total. The molecule has 0 spiro atoms. The second-order valence-electron chi connectivity index (χ2n) is 14.4. The van der Waals surface area contributed by atoms with Gasteiger partial charge in [0.1, 0.15) is 5.82 Å². The minimum absolute atomic E-state index is 0.0721. The second-order valence-corrected chi connectivity index (χ2v) is 14.4. The third-order valence-corrected chi connectivity index (χ3v) is 10.4. The number of likely N-dealkylation sites (N-methyl/N-ethyl adjacent to an activating group) is 1. The molecule has 13 heteroatoms. The molecule has 0 radical (unpaired) electrons. The number of rotatable bonds is 17. The first-order chi connectivity index (χ1) is 23.8. The molecule has 6 unspecified atom stereocenters. The number of ether oxygens (including phenoxy) is 2. The van der Waals surface area contributed by atoms with Gasteiger partial charge in [-0.25, -0.2) is 4.98 Å². The number of aromatic amines is 1. The molecular formula is C37H57N7O6. The molecule has 2 heterocycles. The van der Waals surface area contributed by atoms with Crippen molar-refractivity contribution in [3.8, 4) is 0 Å². The van der Waals surface area contributed by atoms with E-state index in [0.717, 1.165) is 37.7 Å². The Hall–Kier alpha value is -3.81. The first-order valence-corrected chi connectivity index (χ1v) is 17.9. The SMILES string of the molecule is COC(CC(=O)N1CCCC1C(OC)C(C)C(=O)NC(Cc1ccccc1)c1ncc[nH]1)C(C1CCCC1)N(C)C(=O)CNC(=O)C(C)(C)N. The lowest BCUT2D eigenvalue weighted by molar-refractivity contribution is -0.146. The highest BCUT2D eigenvalue weighted by molar-refractivity contribution is 5.89. The Morgan fingerprint density at radius 2 is 1.78 bits per heavy atom. The largest absolute Gasteiger partial charge is 0.379 e. The van der Waals surface area contributed by atoms with E-state index in [-0.39, 0.29) is 54.7 Å². The van der Waals surface area contributed by atoms with Gasteiger partial charge in [0, 0.05) is 40.2 Å². The summed E-state index contributed by atoms with van der Waals surface area (Å²) in [6.45, 7) is 5.35. The molecule has 5 N–H and O–H groups in total. The van der Waals surface area contributed by atoms with Gasteiger partial charge in [0.25, 0.3) is 0 Å². The number of carbonyl (C=O) groups is 4. The molecule has 276 valence electrons. The normalized spacial score (nSPS) is 19.7. The summed E-state index contributed by atoms with van der Waals surface area (Å²) in [4.78, 5) is 64.7. The van der Waals surface area contributed by atoms with Gasteiger partial charge in [-0.05, 0) is 57.4 Å². The number of carbonyl (C=O) groups excluding carboxylic acids is 4. The third-order valence-electron chi connectivity index (χ3n) is 10.4. The highest BCUT2D eigenvalue weighted by Crippen LogP contribution is 2.34. The average Bonchev–Trinajstić information content (AvgIpc) is 3.91. The van der Waals surface area contributed by atoms with Crippen molar-refractivity contribution >= 4 is 23.6 Å². The predicted octanol–water partition coefficient (Wildman–Crippen LogP) is 2.73. The van der Waals surface area contributed by atoms with Gasteiger partial charge in [-0.3, -0.25) is 19.2 Å². The van der Waals surface area contributed by atoms with Gasteiger partial charge in [0.05, 0.1) is 54.8 Å². The van der Waals surface area contributed by atoms with Crippen LogP contribution in [0.4, 0.5) is 0 Å². The summed E-state index contributed by atoms with van der Waals surface area (Å²) in [5.41, 5.74) is 5.85. The first-order valence-electron chi connectivity index (χ1n) is 17.9. The molecule has 0 bridgehead atoms. The van der Waals surface area contributed by atoms with Crippen molar-refractivity contribution in [2.24, 2.45) is 17.6 Å². The summed E-state index contributed by atoms with van der Waals surface area (Å²) in [6.07, 6.45) is 8.36. The van der Waals surface area contributed by atoms with Crippen molar-refractivity contribution in [3.05, 3.63) is 54.1 Å². The maximum absolute atomic E-state index is 14.1. The van der Waals surface area contributed by atoms with Gasteiger partial charge >= 0.3 is 0 Å². The topological polar surface area (TPSA) is 172 Å². The molecule has 1 saturated carbocycles. The predicted molar refractivity (Wildman–Crippen MR) is 190 cm³/mol. The van der Waals surface area contributed by atoms with Gasteiger partial charge in [-0.15, -0.1) is 0 Å². The number of methoxy groups -OCH3 is 2. The van der Waals surface area contributed by atoms with Crippen molar-refractivity contribution in [2.45, 2.75) is 108 Å². The zero-order valence-electron chi connectivity index (χ0n) is 30.5. The Morgan fingerprint density at radius 1 is 1.08 bits per heavy atom. The Balaban J connectivity index is 1.45. The molecule has 1 aromatic carbocycles. The highest BCUT2D eigenvalue weighted by atomic mass is 16.5. The van der Waals surface area contributed by atoms with Crippen molar-refractivity contribution in [1.82, 2.24) is 30.4 Å². The molecule has 4 amide bonds. The van der Waals surface area contributed by atoms with Crippen LogP contribution in [0.2, 0.25) is 0 Å². The summed E-state index contributed by atoms with van der Waals surface area (Å²) < 4.78 is 12.0. The molecule has 2 aliphatic rings. The quantitative estimate of drug-likeness (QED) is 0.196. The Labute approximate surface area is 296 Å². The van der Waals surface area contributed by atoms with E-state index in [1.807, 2.05) is 42.2 Å². The van der Waals surface area contributed by atoms with E-state index >= 15 is 0 Å². The van der Waals surface area contributed by atoms with Crippen LogP contribution in [0.25, 0.3) is 0 Å². The van der Waals surface area contributed by atoms with Crippen LogP contribution in [-0.4, -0.2) is 108 Å². The molecule has 6 atom stereocenters. The fourth-order valence-electron chi connectivity index (χ4n) is 7.60. The zero-order valence-corrected chi connectivity index (χ0v) is 30.5. The van der Waals surface area contributed by atoms with Crippen LogP contribution in [0.3, 0.4) is 0 Å². The van der Waals surface area contributed by atoms with E-state index in [2.05, 4.69) is 20.6 Å². The van der Waals surface area contributed by atoms with Crippen molar-refractivity contribution in [2.75, 3.05) is 34.4 Å². The Morgan fingerprint density at radius 3 is 2.38 bits per heavy atom. The Bertz CT molecular complexity index is 1390. The number of nitrogens with one attached hydrogen (secondary N) is 3. The molecule has 50 heavy (non-hydrogen) atoms. The molecule has 1 aliphatic heterocycles. The van der Waals surface area contributed by atoms with Crippen LogP contribution in [-0.2, 0) is 35.1 Å². The highest BCUT2D eigenvalue weighted by Gasteiger charge is 2.43. The van der Waals surface area contributed by atoms with Crippen LogP contribution in [0.15, 0.2) is 42.7 Å². The first kappa shape index (κ1) is 39.0. The zero-order chi connectivity index (χ0) is 36.4. The van der Waals surface area contributed by atoms with Gasteiger partial charge in [-0.2, -0.15) is 0 Å². The van der Waals surface area contributed by atoms with Gasteiger partial charge < -0.3 is 40.6 Å². The number of hydrogen-bond donors (Lipinski definition) is 4. The smallest absolute Gasteiger partial charge is 0.242 e. The van der Waals surface area contributed by atoms with E-state index in [0.29, 0.717) is 25.2 Å². The minimum Gasteiger partial charge on any atom is -0.379 e. The number of nitrogens with zero attached hydrogens (tertiary/aromatic N) is 3. The molecule has 1 aliphatic carbocycles. The molecule has 1 aromatic heterocycles. The summed E-state index contributed by atoms with van der Waals surface area (Å²) in [5, 5.41) is 5.82. The number of benzene rings is 1. The number of amides is 4. The number of aromatic nitrogens is 2. The van der Waals surface area contributed by atoms with Crippen LogP contribution < -0.4 is 16.4 Å².